The number of carbonyl (C=O) groups excluding carboxylic acids is 3. The number of esters is 3. The van der Waals surface area contributed by atoms with Crippen LogP contribution in [-0.4, -0.2) is 37.2 Å². The van der Waals surface area contributed by atoms with Crippen LogP contribution in [0.3, 0.4) is 0 Å². The van der Waals surface area contributed by atoms with Crippen molar-refractivity contribution in [1.82, 2.24) is 0 Å². The Morgan fingerprint density at radius 3 is 0.685 bits per heavy atom. The maximum Gasteiger partial charge on any atom is 0.306 e. The minimum Gasteiger partial charge on any atom is -0.462 e. The van der Waals surface area contributed by atoms with Gasteiger partial charge in [0, 0.05) is 19.3 Å². The molecule has 0 heterocycles. The number of carbonyl (C=O) groups is 3. The van der Waals surface area contributed by atoms with E-state index in [2.05, 4.69) is 45.1 Å². The number of allylic oxidation sites excluding steroid dienone is 4. The van der Waals surface area contributed by atoms with Gasteiger partial charge in [-0.15, -0.1) is 0 Å². The van der Waals surface area contributed by atoms with Gasteiger partial charge in [0.05, 0.1) is 0 Å². The van der Waals surface area contributed by atoms with Crippen molar-refractivity contribution in [3.8, 4) is 0 Å². The summed E-state index contributed by atoms with van der Waals surface area (Å²) in [5.74, 6) is -0.858. The molecule has 0 radical (unpaired) electrons. The minimum atomic E-state index is -0.774. The smallest absolute Gasteiger partial charge is 0.306 e. The van der Waals surface area contributed by atoms with Crippen molar-refractivity contribution in [3.63, 3.8) is 0 Å². The molecule has 0 fully saturated rings. The van der Waals surface area contributed by atoms with Gasteiger partial charge in [0.2, 0.25) is 0 Å². The predicted octanol–water partition coefficient (Wildman–Crippen LogP) is 22.2. The molecule has 430 valence electrons. The SMILES string of the molecule is CCCCCCC/C=C\CCCCCCCC(=O)OCC(COC(=O)CCCCCCCCCCCCCCCCCCCCCCCCCC)OC(=O)CCCCCCCCC/C=C\CCCCCCCC. The lowest BCUT2D eigenvalue weighted by Gasteiger charge is -2.18. The van der Waals surface area contributed by atoms with E-state index in [1.165, 1.54) is 263 Å². The van der Waals surface area contributed by atoms with Crippen LogP contribution in [0, 0.1) is 0 Å². The highest BCUT2D eigenvalue weighted by Crippen LogP contribution is 2.18. The van der Waals surface area contributed by atoms with E-state index < -0.39 is 6.10 Å². The zero-order valence-corrected chi connectivity index (χ0v) is 49.4. The lowest BCUT2D eigenvalue weighted by molar-refractivity contribution is -0.167. The Morgan fingerprint density at radius 1 is 0.260 bits per heavy atom. The van der Waals surface area contributed by atoms with E-state index in [-0.39, 0.29) is 31.1 Å². The number of ether oxygens (including phenoxy) is 3. The van der Waals surface area contributed by atoms with Gasteiger partial charge in [-0.25, -0.2) is 0 Å². The van der Waals surface area contributed by atoms with E-state index in [4.69, 9.17) is 14.2 Å². The molecule has 73 heavy (non-hydrogen) atoms. The van der Waals surface area contributed by atoms with Crippen LogP contribution in [0.2, 0.25) is 0 Å². The van der Waals surface area contributed by atoms with Crippen molar-refractivity contribution < 1.29 is 28.6 Å². The summed E-state index contributed by atoms with van der Waals surface area (Å²) in [6.45, 7) is 6.68. The van der Waals surface area contributed by atoms with E-state index in [1.54, 1.807) is 0 Å². The zero-order valence-electron chi connectivity index (χ0n) is 49.4. The Bertz CT molecular complexity index is 1180. The lowest BCUT2D eigenvalue weighted by atomic mass is 10.0. The summed E-state index contributed by atoms with van der Waals surface area (Å²) in [4.78, 5) is 38.3. The normalized spacial score (nSPS) is 12.1. The van der Waals surface area contributed by atoms with Gasteiger partial charge in [-0.3, -0.25) is 14.4 Å². The fraction of sp³-hybridized carbons (Fsp3) is 0.896. The van der Waals surface area contributed by atoms with Crippen molar-refractivity contribution in [2.24, 2.45) is 0 Å². The summed E-state index contributed by atoms with van der Waals surface area (Å²) in [5.41, 5.74) is 0. The van der Waals surface area contributed by atoms with Gasteiger partial charge in [-0.2, -0.15) is 0 Å². The van der Waals surface area contributed by atoms with Crippen LogP contribution < -0.4 is 0 Å². The van der Waals surface area contributed by atoms with E-state index in [9.17, 15) is 14.4 Å². The van der Waals surface area contributed by atoms with Gasteiger partial charge in [-0.1, -0.05) is 302 Å². The van der Waals surface area contributed by atoms with Crippen LogP contribution in [0.1, 0.15) is 367 Å². The van der Waals surface area contributed by atoms with Crippen LogP contribution >= 0.6 is 0 Å². The molecule has 6 nitrogen and oxygen atoms in total. The summed E-state index contributed by atoms with van der Waals surface area (Å²) in [6, 6.07) is 0. The first-order valence-corrected chi connectivity index (χ1v) is 32.8. The topological polar surface area (TPSA) is 78.9 Å². The number of hydrogen-bond acceptors (Lipinski definition) is 6. The summed E-state index contributed by atoms with van der Waals surface area (Å²) in [7, 11) is 0. The zero-order chi connectivity index (χ0) is 52.9. The molecule has 0 aromatic heterocycles. The standard InChI is InChI=1S/C67H126O6/c1-4-7-10-13-16-19-22-25-28-30-31-32-33-34-35-36-38-39-42-45-48-51-54-57-60-66(69)72-63-64(62-71-65(68)59-56-53-50-47-44-41-27-24-21-18-15-12-9-6-3)73-67(70)61-58-55-52-49-46-43-40-37-29-26-23-20-17-14-11-8-5-2/h24,26-27,29,64H,4-23,25,28,30-63H2,1-3H3/b27-24-,29-26-. The van der Waals surface area contributed by atoms with Crippen molar-refractivity contribution in [2.75, 3.05) is 13.2 Å². The maximum absolute atomic E-state index is 12.9. The Labute approximate surface area is 455 Å². The fourth-order valence-electron chi connectivity index (χ4n) is 9.97. The predicted molar refractivity (Wildman–Crippen MR) is 316 cm³/mol. The summed E-state index contributed by atoms with van der Waals surface area (Å²) < 4.78 is 16.9. The van der Waals surface area contributed by atoms with E-state index in [0.29, 0.717) is 19.3 Å². The monoisotopic (exact) mass is 1030 g/mol. The molecule has 1 unspecified atom stereocenters. The van der Waals surface area contributed by atoms with Crippen molar-refractivity contribution in [2.45, 2.75) is 374 Å². The average molecular weight is 1030 g/mol. The van der Waals surface area contributed by atoms with E-state index in [0.717, 1.165) is 64.2 Å². The minimum absolute atomic E-state index is 0.0706. The van der Waals surface area contributed by atoms with Crippen LogP contribution in [0.25, 0.3) is 0 Å². The van der Waals surface area contributed by atoms with Crippen LogP contribution in [0.15, 0.2) is 24.3 Å². The van der Waals surface area contributed by atoms with Gasteiger partial charge in [-0.05, 0) is 70.6 Å². The molecule has 0 saturated carbocycles. The maximum atomic E-state index is 12.9. The van der Waals surface area contributed by atoms with Crippen LogP contribution in [0.4, 0.5) is 0 Å². The van der Waals surface area contributed by atoms with E-state index >= 15 is 0 Å². The summed E-state index contributed by atoms with van der Waals surface area (Å²) in [6.07, 6.45) is 74.8. The molecule has 0 spiro atoms. The highest BCUT2D eigenvalue weighted by atomic mass is 16.6. The van der Waals surface area contributed by atoms with Gasteiger partial charge in [0.25, 0.3) is 0 Å². The van der Waals surface area contributed by atoms with Crippen LogP contribution in [0.5, 0.6) is 0 Å². The Kier molecular flexibility index (Phi) is 60.6. The summed E-state index contributed by atoms with van der Waals surface area (Å²) in [5, 5.41) is 0. The number of rotatable bonds is 61. The van der Waals surface area contributed by atoms with Gasteiger partial charge >= 0.3 is 17.9 Å². The first kappa shape index (κ1) is 70.9. The molecule has 0 bridgehead atoms. The average Bonchev–Trinajstić information content (AvgIpc) is 3.39. The Morgan fingerprint density at radius 2 is 0.452 bits per heavy atom. The number of unbranched alkanes of at least 4 members (excludes halogenated alkanes) is 46. The summed E-state index contributed by atoms with van der Waals surface area (Å²) >= 11 is 0. The third-order valence-electron chi connectivity index (χ3n) is 14.9. The number of hydrogen-bond donors (Lipinski definition) is 0. The molecule has 0 saturated heterocycles. The van der Waals surface area contributed by atoms with Gasteiger partial charge in [0.15, 0.2) is 6.10 Å². The molecule has 0 N–H and O–H groups in total. The molecular weight excluding hydrogens is 901 g/mol. The lowest BCUT2D eigenvalue weighted by Crippen LogP contribution is -2.30. The second-order valence-electron chi connectivity index (χ2n) is 22.4. The first-order valence-electron chi connectivity index (χ1n) is 32.8. The van der Waals surface area contributed by atoms with Gasteiger partial charge in [0.1, 0.15) is 13.2 Å². The van der Waals surface area contributed by atoms with Crippen molar-refractivity contribution >= 4 is 17.9 Å². The molecule has 0 aliphatic heterocycles. The van der Waals surface area contributed by atoms with Gasteiger partial charge < -0.3 is 14.2 Å². The first-order chi connectivity index (χ1) is 36.0. The molecule has 0 aromatic rings. The van der Waals surface area contributed by atoms with E-state index in [1.807, 2.05) is 0 Å². The molecule has 0 rings (SSSR count). The van der Waals surface area contributed by atoms with Crippen molar-refractivity contribution in [1.29, 1.82) is 0 Å². The molecule has 0 aliphatic carbocycles. The molecule has 0 amide bonds. The highest BCUT2D eigenvalue weighted by molar-refractivity contribution is 5.71. The second-order valence-corrected chi connectivity index (χ2v) is 22.4. The largest absolute Gasteiger partial charge is 0.462 e. The molecule has 0 aliphatic rings. The van der Waals surface area contributed by atoms with Crippen LogP contribution in [-0.2, 0) is 28.6 Å². The molecule has 0 aromatic carbocycles. The Balaban J connectivity index is 4.25. The van der Waals surface area contributed by atoms with Crippen molar-refractivity contribution in [3.05, 3.63) is 24.3 Å². The highest BCUT2D eigenvalue weighted by Gasteiger charge is 2.19. The Hall–Kier alpha value is -2.11. The second kappa shape index (κ2) is 62.4. The molecular formula is C67H126O6. The quantitative estimate of drug-likeness (QED) is 0.0261. The third-order valence-corrected chi connectivity index (χ3v) is 14.9. The third kappa shape index (κ3) is 60.6. The molecule has 6 heteroatoms. The fourth-order valence-corrected chi connectivity index (χ4v) is 9.97. The molecule has 1 atom stereocenters.